The normalized spacial score (nSPS) is 9.06. The van der Waals surface area contributed by atoms with Gasteiger partial charge in [-0.05, 0) is 28.2 Å². The van der Waals surface area contributed by atoms with Gasteiger partial charge in [-0.1, -0.05) is 36.4 Å². The molecule has 0 heterocycles. The number of rotatable bonds is 2. The van der Waals surface area contributed by atoms with Crippen molar-refractivity contribution in [2.24, 2.45) is 0 Å². The second-order valence-corrected chi connectivity index (χ2v) is 3.75. The smallest absolute Gasteiger partial charge is 0.0545 e. The molecule has 0 bridgehead atoms. The van der Waals surface area contributed by atoms with E-state index in [1.54, 1.807) is 0 Å². The number of benzene rings is 2. The molecule has 1 nitrogen and oxygen atoms in total. The predicted molar refractivity (Wildman–Crippen MR) is 76.8 cm³/mol. The fraction of sp³-hybridized carbons (Fsp3) is 0. The molecule has 0 spiro atoms. The summed E-state index contributed by atoms with van der Waals surface area (Å²) in [5.41, 5.74) is 2.16. The zero-order valence-corrected chi connectivity index (χ0v) is 10.8. The van der Waals surface area contributed by atoms with Gasteiger partial charge < -0.3 is 0 Å². The van der Waals surface area contributed by atoms with Crippen molar-refractivity contribution in [2.75, 3.05) is 4.90 Å². The molecule has 78 valence electrons. The molecule has 0 aliphatic carbocycles. The Kier molecular flexibility index (Phi) is 3.84. The van der Waals surface area contributed by atoms with Gasteiger partial charge in [0.15, 0.2) is 0 Å². The Labute approximate surface area is 109 Å². The molecule has 0 saturated carbocycles. The highest BCUT2D eigenvalue weighted by Crippen LogP contribution is 2.23. The molecule has 2 rings (SSSR count). The molecule has 2 aromatic rings. The van der Waals surface area contributed by atoms with Crippen LogP contribution in [0.1, 0.15) is 0 Å². The molecule has 0 N–H and O–H groups in total. The zero-order valence-electron chi connectivity index (χ0n) is 8.60. The van der Waals surface area contributed by atoms with Crippen LogP contribution in [0.3, 0.4) is 0 Å². The van der Waals surface area contributed by atoms with Crippen LogP contribution >= 0.6 is 22.6 Å². The summed E-state index contributed by atoms with van der Waals surface area (Å²) in [7, 11) is 0. The van der Waals surface area contributed by atoms with E-state index in [9.17, 15) is 0 Å². The van der Waals surface area contributed by atoms with Crippen LogP contribution in [-0.2, 0) is 0 Å². The van der Waals surface area contributed by atoms with Crippen molar-refractivity contribution < 1.29 is 0 Å². The summed E-state index contributed by atoms with van der Waals surface area (Å²) in [4.78, 5) is 1.98. The largest absolute Gasteiger partial charge is 0.269 e. The van der Waals surface area contributed by atoms with Gasteiger partial charge in [-0.2, -0.15) is 0 Å². The Morgan fingerprint density at radius 3 is 1.56 bits per heavy atom. The van der Waals surface area contributed by atoms with Gasteiger partial charge >= 0.3 is 0 Å². The van der Waals surface area contributed by atoms with Gasteiger partial charge in [0, 0.05) is 28.6 Å². The maximum absolute atomic E-state index is 3.09. The average molecular weight is 319 g/mol. The summed E-state index contributed by atoms with van der Waals surface area (Å²) < 4.78 is 2.91. The second kappa shape index (κ2) is 5.57. The van der Waals surface area contributed by atoms with E-state index in [2.05, 4.69) is 32.6 Å². The minimum Gasteiger partial charge on any atom is -0.269 e. The van der Waals surface area contributed by atoms with Crippen LogP contribution in [0, 0.1) is 9.97 Å². The van der Waals surface area contributed by atoms with E-state index in [-0.39, 0.29) is 0 Å². The molecule has 0 aliphatic heterocycles. The van der Waals surface area contributed by atoms with Crippen molar-refractivity contribution in [3.05, 3.63) is 60.7 Å². The fourth-order valence-electron chi connectivity index (χ4n) is 1.47. The van der Waals surface area contributed by atoms with Gasteiger partial charge in [-0.3, -0.25) is 4.90 Å². The van der Waals surface area contributed by atoms with Gasteiger partial charge in [-0.15, -0.1) is 0 Å². The van der Waals surface area contributed by atoms with Crippen LogP contribution in [0.4, 0.5) is 11.4 Å². The Balaban J connectivity index is 2.42. The van der Waals surface area contributed by atoms with Crippen LogP contribution in [0.15, 0.2) is 60.7 Å². The summed E-state index contributed by atoms with van der Waals surface area (Å²) in [6.07, 6.45) is 0. The molecular formula is C14H10IN. The van der Waals surface area contributed by atoms with Crippen LogP contribution in [-0.4, -0.2) is 0 Å². The molecule has 0 saturated heterocycles. The van der Waals surface area contributed by atoms with Crippen molar-refractivity contribution in [2.45, 2.75) is 0 Å². The number of halogens is 1. The van der Waals surface area contributed by atoms with E-state index in [1.165, 1.54) is 0 Å². The topological polar surface area (TPSA) is 3.24 Å². The third kappa shape index (κ3) is 2.56. The van der Waals surface area contributed by atoms with Crippen LogP contribution in [0.5, 0.6) is 0 Å². The van der Waals surface area contributed by atoms with Crippen LogP contribution in [0.2, 0.25) is 0 Å². The minimum absolute atomic E-state index is 1.08. The Hall–Kier alpha value is -1.47. The summed E-state index contributed by atoms with van der Waals surface area (Å²) in [6, 6.07) is 23.3. The first-order chi connectivity index (χ1) is 7.92. The summed E-state index contributed by atoms with van der Waals surface area (Å²) in [5.74, 6) is 0. The lowest BCUT2D eigenvalue weighted by Gasteiger charge is -2.17. The van der Waals surface area contributed by atoms with E-state index in [4.69, 9.17) is 0 Å². The Bertz CT molecular complexity index is 457. The number of nitrogens with zero attached hydrogens (tertiary/aromatic N) is 1. The van der Waals surface area contributed by atoms with Gasteiger partial charge in [0.2, 0.25) is 0 Å². The highest BCUT2D eigenvalue weighted by atomic mass is 127. The van der Waals surface area contributed by atoms with Gasteiger partial charge in [-0.25, -0.2) is 0 Å². The Morgan fingerprint density at radius 2 is 1.19 bits per heavy atom. The fourth-order valence-corrected chi connectivity index (χ4v) is 1.72. The first kappa shape index (κ1) is 11.0. The SMILES string of the molecule is IC#CN(c1ccccc1)c1ccccc1. The van der Waals surface area contributed by atoms with Gasteiger partial charge in [0.25, 0.3) is 0 Å². The van der Waals surface area contributed by atoms with Crippen molar-refractivity contribution in [3.8, 4) is 9.97 Å². The number of hydrogen-bond donors (Lipinski definition) is 0. The molecule has 0 amide bonds. The predicted octanol–water partition coefficient (Wildman–Crippen LogP) is 4.18. The molecule has 0 atom stereocenters. The summed E-state index contributed by atoms with van der Waals surface area (Å²) >= 11 is 2.05. The summed E-state index contributed by atoms with van der Waals surface area (Å²) in [5, 5.41) is 0. The van der Waals surface area contributed by atoms with Crippen molar-refractivity contribution in [1.82, 2.24) is 0 Å². The second-order valence-electron chi connectivity index (χ2n) is 3.21. The van der Waals surface area contributed by atoms with E-state index >= 15 is 0 Å². The molecule has 2 aromatic carbocycles. The minimum atomic E-state index is 1.08. The van der Waals surface area contributed by atoms with Gasteiger partial charge in [0.05, 0.1) is 11.4 Å². The van der Waals surface area contributed by atoms with E-state index in [1.807, 2.05) is 65.6 Å². The van der Waals surface area contributed by atoms with Crippen molar-refractivity contribution in [1.29, 1.82) is 0 Å². The van der Waals surface area contributed by atoms with Gasteiger partial charge in [0.1, 0.15) is 0 Å². The standard InChI is InChI=1S/C14H10IN/c15-11-12-16(13-7-3-1-4-8-13)14-9-5-2-6-10-14/h1-10H. The third-order valence-electron chi connectivity index (χ3n) is 2.18. The molecule has 16 heavy (non-hydrogen) atoms. The molecule has 0 aromatic heterocycles. The van der Waals surface area contributed by atoms with E-state index in [0.29, 0.717) is 0 Å². The maximum atomic E-state index is 3.09. The number of hydrogen-bond acceptors (Lipinski definition) is 1. The first-order valence-corrected chi connectivity index (χ1v) is 6.01. The first-order valence-electron chi connectivity index (χ1n) is 4.93. The highest BCUT2D eigenvalue weighted by molar-refractivity contribution is 14.1. The molecule has 2 heteroatoms. The summed E-state index contributed by atoms with van der Waals surface area (Å²) in [6.45, 7) is 0. The highest BCUT2D eigenvalue weighted by Gasteiger charge is 2.04. The van der Waals surface area contributed by atoms with E-state index in [0.717, 1.165) is 11.4 Å². The van der Waals surface area contributed by atoms with Crippen LogP contribution in [0.25, 0.3) is 0 Å². The average Bonchev–Trinajstić information content (AvgIpc) is 2.38. The quantitative estimate of drug-likeness (QED) is 0.456. The van der Waals surface area contributed by atoms with E-state index < -0.39 is 0 Å². The number of para-hydroxylation sites is 2. The van der Waals surface area contributed by atoms with Crippen molar-refractivity contribution >= 4 is 34.0 Å². The lowest BCUT2D eigenvalue weighted by molar-refractivity contribution is 1.33. The molecular weight excluding hydrogens is 309 g/mol. The molecule has 0 aliphatic rings. The lowest BCUT2D eigenvalue weighted by atomic mass is 10.2. The van der Waals surface area contributed by atoms with Crippen LogP contribution < -0.4 is 4.90 Å². The molecule has 0 radical (unpaired) electrons. The monoisotopic (exact) mass is 319 g/mol. The number of anilines is 2. The zero-order chi connectivity index (χ0) is 11.2. The lowest BCUT2D eigenvalue weighted by Crippen LogP contribution is -2.08. The maximum Gasteiger partial charge on any atom is 0.0545 e. The van der Waals surface area contributed by atoms with Crippen molar-refractivity contribution in [3.63, 3.8) is 0 Å². The Morgan fingerprint density at radius 1 is 0.750 bits per heavy atom. The molecule has 0 unspecified atom stereocenters. The third-order valence-corrected chi connectivity index (χ3v) is 2.42. The molecule has 0 fully saturated rings.